The molecule has 0 bridgehead atoms. The molecule has 2 aliphatic rings. The number of aliphatic hydroxyl groups excluding tert-OH is 1. The first kappa shape index (κ1) is 21.7. The second kappa shape index (κ2) is 9.72. The van der Waals surface area contributed by atoms with E-state index in [1.165, 1.54) is 4.90 Å². The van der Waals surface area contributed by atoms with Crippen molar-refractivity contribution in [3.8, 4) is 0 Å². The van der Waals surface area contributed by atoms with Gasteiger partial charge in [-0.2, -0.15) is 0 Å². The fourth-order valence-corrected chi connectivity index (χ4v) is 4.28. The Morgan fingerprint density at radius 2 is 2.00 bits per heavy atom. The highest BCUT2D eigenvalue weighted by Gasteiger charge is 2.29. The summed E-state index contributed by atoms with van der Waals surface area (Å²) in [6.45, 7) is 4.02. The average Bonchev–Trinajstić information content (AvgIpc) is 3.31. The molecule has 1 N–H and O–H groups in total. The van der Waals surface area contributed by atoms with Crippen LogP contribution in [0.3, 0.4) is 0 Å². The van der Waals surface area contributed by atoms with Crippen molar-refractivity contribution in [1.29, 1.82) is 0 Å². The summed E-state index contributed by atoms with van der Waals surface area (Å²) in [6.07, 6.45) is 1.93. The maximum atomic E-state index is 13.0. The lowest BCUT2D eigenvalue weighted by molar-refractivity contribution is -0.140. The predicted molar refractivity (Wildman–Crippen MR) is 117 cm³/mol. The van der Waals surface area contributed by atoms with Crippen molar-refractivity contribution in [2.45, 2.75) is 18.9 Å². The van der Waals surface area contributed by atoms with Crippen LogP contribution < -0.4 is 0 Å². The lowest BCUT2D eigenvalue weighted by atomic mass is 10.0. The summed E-state index contributed by atoms with van der Waals surface area (Å²) in [7, 11) is 1.67. The predicted octanol–water partition coefficient (Wildman–Crippen LogP) is 1.29. The molecule has 0 unspecified atom stereocenters. The number of carbonyl (C=O) groups excluding carboxylic acids is 2. The Hall–Kier alpha value is -2.55. The number of aromatic nitrogens is 1. The molecule has 2 fully saturated rings. The standard InChI is InChI=1S/C23H30N4O4/c1-25(10-12-28)23(30)18-14-20(24-19-7-3-2-6-17(18)19)21-15-27(11-13-31-21)22(29)16-26-8-4-5-9-26/h2-3,6-7,14,21,28H,4-5,8-13,15-16H2,1H3/t21-/m0/s1. The average molecular weight is 427 g/mol. The second-order valence-electron chi connectivity index (χ2n) is 8.24. The molecule has 0 saturated carbocycles. The lowest BCUT2D eigenvalue weighted by Gasteiger charge is -2.34. The van der Waals surface area contributed by atoms with E-state index in [4.69, 9.17) is 9.72 Å². The van der Waals surface area contributed by atoms with Crippen LogP contribution in [-0.4, -0.2) is 96.1 Å². The molecule has 166 valence electrons. The van der Waals surface area contributed by atoms with Crippen molar-refractivity contribution in [3.05, 3.63) is 41.6 Å². The zero-order valence-electron chi connectivity index (χ0n) is 18.0. The summed E-state index contributed by atoms with van der Waals surface area (Å²) in [5.74, 6) is -0.0540. The van der Waals surface area contributed by atoms with Crippen LogP contribution in [0.25, 0.3) is 10.9 Å². The summed E-state index contributed by atoms with van der Waals surface area (Å²) >= 11 is 0. The first-order valence-electron chi connectivity index (χ1n) is 10.9. The van der Waals surface area contributed by atoms with Gasteiger partial charge in [-0.15, -0.1) is 0 Å². The van der Waals surface area contributed by atoms with Gasteiger partial charge in [-0.05, 0) is 38.1 Å². The van der Waals surface area contributed by atoms with Gasteiger partial charge in [0.2, 0.25) is 5.91 Å². The fraction of sp³-hybridized carbons (Fsp3) is 0.522. The topological polar surface area (TPSA) is 86.2 Å². The minimum atomic E-state index is -0.379. The van der Waals surface area contributed by atoms with Gasteiger partial charge in [0, 0.05) is 25.5 Å². The van der Waals surface area contributed by atoms with Crippen molar-refractivity contribution < 1.29 is 19.4 Å². The Labute approximate surface area is 182 Å². The van der Waals surface area contributed by atoms with E-state index in [0.29, 0.717) is 43.0 Å². The number of rotatable bonds is 6. The van der Waals surface area contributed by atoms with Crippen molar-refractivity contribution in [1.82, 2.24) is 19.7 Å². The zero-order chi connectivity index (χ0) is 21.8. The molecule has 0 aliphatic carbocycles. The van der Waals surface area contributed by atoms with Gasteiger partial charge in [-0.25, -0.2) is 4.98 Å². The Morgan fingerprint density at radius 1 is 1.23 bits per heavy atom. The van der Waals surface area contributed by atoms with Crippen LogP contribution in [0.4, 0.5) is 0 Å². The number of benzene rings is 1. The first-order chi connectivity index (χ1) is 15.1. The summed E-state index contributed by atoms with van der Waals surface area (Å²) in [5, 5.41) is 9.98. The van der Waals surface area contributed by atoms with E-state index in [0.717, 1.165) is 31.3 Å². The number of amides is 2. The molecule has 2 aromatic rings. The molecule has 0 spiro atoms. The van der Waals surface area contributed by atoms with Gasteiger partial charge >= 0.3 is 0 Å². The van der Waals surface area contributed by atoms with Crippen LogP contribution in [-0.2, 0) is 9.53 Å². The van der Waals surface area contributed by atoms with E-state index in [-0.39, 0.29) is 31.1 Å². The van der Waals surface area contributed by atoms with E-state index in [2.05, 4.69) is 4.90 Å². The van der Waals surface area contributed by atoms with E-state index >= 15 is 0 Å². The molecule has 1 aromatic carbocycles. The van der Waals surface area contributed by atoms with E-state index < -0.39 is 0 Å². The number of morpholine rings is 1. The van der Waals surface area contributed by atoms with E-state index in [1.54, 1.807) is 13.1 Å². The van der Waals surface area contributed by atoms with Gasteiger partial charge in [0.15, 0.2) is 0 Å². The molecule has 2 amide bonds. The summed E-state index contributed by atoms with van der Waals surface area (Å²) in [4.78, 5) is 36.1. The number of hydrogen-bond donors (Lipinski definition) is 1. The molecule has 0 radical (unpaired) electrons. The summed E-state index contributed by atoms with van der Waals surface area (Å²) in [6, 6.07) is 9.29. The van der Waals surface area contributed by atoms with Crippen molar-refractivity contribution in [2.24, 2.45) is 0 Å². The molecule has 8 heteroatoms. The number of fused-ring (bicyclic) bond motifs is 1. The van der Waals surface area contributed by atoms with E-state index in [1.807, 2.05) is 29.2 Å². The number of carbonyl (C=O) groups is 2. The van der Waals surface area contributed by atoms with Crippen LogP contribution in [0.5, 0.6) is 0 Å². The summed E-state index contributed by atoms with van der Waals surface area (Å²) in [5.41, 5.74) is 1.89. The van der Waals surface area contributed by atoms with Crippen LogP contribution >= 0.6 is 0 Å². The van der Waals surface area contributed by atoms with Crippen molar-refractivity contribution in [2.75, 3.05) is 59.5 Å². The third-order valence-electron chi connectivity index (χ3n) is 6.06. The minimum Gasteiger partial charge on any atom is -0.395 e. The number of aliphatic hydroxyl groups is 1. The van der Waals surface area contributed by atoms with Crippen LogP contribution in [0.15, 0.2) is 30.3 Å². The fourth-order valence-electron chi connectivity index (χ4n) is 4.28. The Bertz CT molecular complexity index is 944. The van der Waals surface area contributed by atoms with Crippen LogP contribution in [0, 0.1) is 0 Å². The molecular formula is C23H30N4O4. The minimum absolute atomic E-state index is 0.0993. The molecule has 1 aromatic heterocycles. The van der Waals surface area contributed by atoms with Gasteiger partial charge in [0.1, 0.15) is 6.10 Å². The number of ether oxygens (including phenoxy) is 1. The smallest absolute Gasteiger partial charge is 0.254 e. The number of hydrogen-bond acceptors (Lipinski definition) is 6. The van der Waals surface area contributed by atoms with Crippen LogP contribution in [0.1, 0.15) is 35.0 Å². The molecule has 8 nitrogen and oxygen atoms in total. The lowest BCUT2D eigenvalue weighted by Crippen LogP contribution is -2.46. The molecule has 2 aliphatic heterocycles. The third kappa shape index (κ3) is 4.87. The number of pyridine rings is 1. The van der Waals surface area contributed by atoms with Gasteiger partial charge in [-0.1, -0.05) is 18.2 Å². The van der Waals surface area contributed by atoms with Gasteiger partial charge in [-0.3, -0.25) is 14.5 Å². The number of likely N-dealkylation sites (tertiary alicyclic amines) is 1. The first-order valence-corrected chi connectivity index (χ1v) is 10.9. The Balaban J connectivity index is 1.58. The third-order valence-corrected chi connectivity index (χ3v) is 6.06. The van der Waals surface area contributed by atoms with Gasteiger partial charge in [0.25, 0.3) is 5.91 Å². The molecule has 2 saturated heterocycles. The monoisotopic (exact) mass is 426 g/mol. The normalized spacial score (nSPS) is 19.7. The highest BCUT2D eigenvalue weighted by atomic mass is 16.5. The van der Waals surface area contributed by atoms with Crippen molar-refractivity contribution in [3.63, 3.8) is 0 Å². The number of likely N-dealkylation sites (N-methyl/N-ethyl adjacent to an activating group) is 1. The molecule has 3 heterocycles. The van der Waals surface area contributed by atoms with Gasteiger partial charge < -0.3 is 19.6 Å². The quantitative estimate of drug-likeness (QED) is 0.749. The highest BCUT2D eigenvalue weighted by molar-refractivity contribution is 6.06. The highest BCUT2D eigenvalue weighted by Crippen LogP contribution is 2.27. The SMILES string of the molecule is CN(CCO)C(=O)c1cc([C@@H]2CN(C(=O)CN3CCCC3)CCO2)nc2ccccc12. The molecule has 31 heavy (non-hydrogen) atoms. The number of nitrogens with zero attached hydrogens (tertiary/aromatic N) is 4. The molecule has 4 rings (SSSR count). The molecule has 1 atom stereocenters. The van der Waals surface area contributed by atoms with E-state index in [9.17, 15) is 14.7 Å². The largest absolute Gasteiger partial charge is 0.395 e. The molecular weight excluding hydrogens is 396 g/mol. The maximum Gasteiger partial charge on any atom is 0.254 e. The van der Waals surface area contributed by atoms with Crippen LogP contribution in [0.2, 0.25) is 0 Å². The zero-order valence-corrected chi connectivity index (χ0v) is 18.0. The summed E-state index contributed by atoms with van der Waals surface area (Å²) < 4.78 is 5.97. The Kier molecular flexibility index (Phi) is 6.80. The Morgan fingerprint density at radius 3 is 2.77 bits per heavy atom. The second-order valence-corrected chi connectivity index (χ2v) is 8.24. The number of para-hydroxylation sites is 1. The van der Waals surface area contributed by atoms with Crippen molar-refractivity contribution >= 4 is 22.7 Å². The van der Waals surface area contributed by atoms with Gasteiger partial charge in [0.05, 0.1) is 43.1 Å². The maximum absolute atomic E-state index is 13.0.